The van der Waals surface area contributed by atoms with Crippen molar-refractivity contribution < 1.29 is 18.7 Å². The number of imidazole rings is 1. The van der Waals surface area contributed by atoms with Gasteiger partial charge >= 0.3 is 0 Å². The van der Waals surface area contributed by atoms with Crippen LogP contribution in [-0.2, 0) is 27.4 Å². The van der Waals surface area contributed by atoms with Gasteiger partial charge in [0.25, 0.3) is 0 Å². The van der Waals surface area contributed by atoms with Crippen LogP contribution >= 0.6 is 0 Å². The smallest absolute Gasteiger partial charge is 0.230 e. The Kier molecular flexibility index (Phi) is 4.28. The molecule has 8 heteroatoms. The van der Waals surface area contributed by atoms with Crippen molar-refractivity contribution in [2.75, 3.05) is 13.6 Å². The molecule has 2 bridgehead atoms. The number of fused-ring (bicyclic) bond motifs is 1. The zero-order valence-electron chi connectivity index (χ0n) is 16.8. The van der Waals surface area contributed by atoms with E-state index in [4.69, 9.17) is 4.74 Å². The number of aromatic amines is 1. The van der Waals surface area contributed by atoms with Crippen LogP contribution in [0.5, 0.6) is 0 Å². The maximum absolute atomic E-state index is 13.3. The molecule has 0 radical (unpaired) electrons. The summed E-state index contributed by atoms with van der Waals surface area (Å²) in [6.07, 6.45) is 5.17. The van der Waals surface area contributed by atoms with Crippen molar-refractivity contribution in [2.45, 2.75) is 31.7 Å². The summed E-state index contributed by atoms with van der Waals surface area (Å²) in [4.78, 5) is 37.3. The lowest BCUT2D eigenvalue weighted by atomic mass is 9.76. The molecule has 1 N–H and O–H groups in total. The number of H-pyrrole nitrogens is 1. The van der Waals surface area contributed by atoms with E-state index < -0.39 is 17.4 Å². The molecule has 1 aromatic heterocycles. The summed E-state index contributed by atoms with van der Waals surface area (Å²) in [5.74, 6) is -0.919. The van der Waals surface area contributed by atoms with Crippen LogP contribution in [0, 0.1) is 24.6 Å². The minimum Gasteiger partial charge on any atom is -0.360 e. The van der Waals surface area contributed by atoms with Crippen LogP contribution in [0.15, 0.2) is 42.6 Å². The molecule has 7 nitrogen and oxygen atoms in total. The molecule has 2 fully saturated rings. The number of nitrogens with zero attached hydrogens (tertiary/aromatic N) is 3. The highest BCUT2D eigenvalue weighted by molar-refractivity contribution is 5.93. The number of rotatable bonds is 5. The first-order valence-corrected chi connectivity index (χ1v) is 10.0. The highest BCUT2D eigenvalue weighted by Gasteiger charge is 2.67. The number of likely N-dealkylation sites (tertiary alicyclic amines) is 1. The second-order valence-electron chi connectivity index (χ2n) is 8.43. The summed E-state index contributed by atoms with van der Waals surface area (Å²) >= 11 is 0. The Balaban J connectivity index is 1.35. The number of aromatic nitrogens is 2. The molecule has 2 aromatic rings. The average molecular weight is 410 g/mol. The van der Waals surface area contributed by atoms with E-state index in [0.29, 0.717) is 25.5 Å². The third-order valence-electron chi connectivity index (χ3n) is 6.27. The number of hydrogen-bond donors (Lipinski definition) is 1. The quantitative estimate of drug-likeness (QED) is 0.763. The van der Waals surface area contributed by atoms with E-state index in [1.807, 2.05) is 19.1 Å². The Hall–Kier alpha value is -3.00. The fourth-order valence-electron chi connectivity index (χ4n) is 4.91. The maximum Gasteiger partial charge on any atom is 0.230 e. The molecule has 30 heavy (non-hydrogen) atoms. The van der Waals surface area contributed by atoms with Crippen molar-refractivity contribution >= 4 is 11.8 Å². The average Bonchev–Trinajstić information content (AvgIpc) is 3.45. The Morgan fingerprint density at radius 3 is 2.87 bits per heavy atom. The molecule has 0 saturated carbocycles. The van der Waals surface area contributed by atoms with Crippen molar-refractivity contribution in [3.05, 3.63) is 65.5 Å². The number of aryl methyl sites for hydroxylation is 1. The Labute approximate surface area is 173 Å². The molecule has 1 spiro atoms. The lowest BCUT2D eigenvalue weighted by molar-refractivity contribution is -0.143. The Bertz CT molecular complexity index is 1030. The summed E-state index contributed by atoms with van der Waals surface area (Å²) in [7, 11) is 1.72. The number of ether oxygens (including phenoxy) is 1. The van der Waals surface area contributed by atoms with Crippen molar-refractivity contribution in [3.8, 4) is 0 Å². The second kappa shape index (κ2) is 6.77. The van der Waals surface area contributed by atoms with Gasteiger partial charge in [0.2, 0.25) is 11.8 Å². The van der Waals surface area contributed by atoms with Crippen molar-refractivity contribution in [2.24, 2.45) is 11.8 Å². The highest BCUT2D eigenvalue weighted by Crippen LogP contribution is 2.52. The van der Waals surface area contributed by atoms with Crippen LogP contribution < -0.4 is 0 Å². The first kappa shape index (κ1) is 19.0. The van der Waals surface area contributed by atoms with Gasteiger partial charge in [-0.3, -0.25) is 9.59 Å². The third kappa shape index (κ3) is 2.94. The van der Waals surface area contributed by atoms with Crippen LogP contribution in [0.25, 0.3) is 0 Å². The number of carbonyl (C=O) groups excluding carboxylic acids is 2. The number of nitrogens with one attached hydrogen (secondary N) is 1. The molecule has 5 rings (SSSR count). The van der Waals surface area contributed by atoms with Crippen LogP contribution in [0.1, 0.15) is 17.1 Å². The topological polar surface area (TPSA) is 78.5 Å². The number of amides is 2. The van der Waals surface area contributed by atoms with Crippen LogP contribution in [0.3, 0.4) is 0 Å². The second-order valence-corrected chi connectivity index (χ2v) is 8.43. The summed E-state index contributed by atoms with van der Waals surface area (Å²) in [5.41, 5.74) is 1.01. The van der Waals surface area contributed by atoms with Gasteiger partial charge < -0.3 is 19.5 Å². The first-order valence-electron chi connectivity index (χ1n) is 10.0. The van der Waals surface area contributed by atoms with Gasteiger partial charge in [0.1, 0.15) is 17.2 Å². The first-order chi connectivity index (χ1) is 14.4. The summed E-state index contributed by atoms with van der Waals surface area (Å²) in [6.45, 7) is 3.00. The molecule has 2 amide bonds. The van der Waals surface area contributed by atoms with Crippen LogP contribution in [0.4, 0.5) is 4.39 Å². The molecule has 2 saturated heterocycles. The normalized spacial score (nSPS) is 29.0. The summed E-state index contributed by atoms with van der Waals surface area (Å²) < 4.78 is 19.4. The molecule has 0 unspecified atom stereocenters. The predicted molar refractivity (Wildman–Crippen MR) is 105 cm³/mol. The maximum atomic E-state index is 13.3. The predicted octanol–water partition coefficient (Wildman–Crippen LogP) is 1.80. The molecule has 156 valence electrons. The van der Waals surface area contributed by atoms with E-state index in [-0.39, 0.29) is 23.7 Å². The fraction of sp³-hybridized carbons (Fsp3) is 0.409. The molecule has 3 aliphatic heterocycles. The van der Waals surface area contributed by atoms with E-state index in [2.05, 4.69) is 9.97 Å². The minimum atomic E-state index is -0.760. The van der Waals surface area contributed by atoms with Gasteiger partial charge in [0, 0.05) is 25.5 Å². The van der Waals surface area contributed by atoms with Crippen LogP contribution in [-0.4, -0.2) is 56.9 Å². The van der Waals surface area contributed by atoms with E-state index in [1.165, 1.54) is 12.1 Å². The summed E-state index contributed by atoms with van der Waals surface area (Å²) in [5, 5.41) is 0. The monoisotopic (exact) mass is 410 g/mol. The molecule has 4 atom stereocenters. The molecular weight excluding hydrogens is 387 g/mol. The molecule has 3 aliphatic rings. The Morgan fingerprint density at radius 1 is 1.40 bits per heavy atom. The number of carbonyl (C=O) groups is 2. The lowest BCUT2D eigenvalue weighted by Crippen LogP contribution is -2.44. The third-order valence-corrected chi connectivity index (χ3v) is 6.27. The molecule has 4 heterocycles. The van der Waals surface area contributed by atoms with Crippen molar-refractivity contribution in [1.82, 2.24) is 19.8 Å². The number of benzene rings is 1. The van der Waals surface area contributed by atoms with Gasteiger partial charge in [-0.15, -0.1) is 0 Å². The van der Waals surface area contributed by atoms with Gasteiger partial charge in [-0.25, -0.2) is 9.37 Å². The van der Waals surface area contributed by atoms with E-state index in [9.17, 15) is 14.0 Å². The van der Waals surface area contributed by atoms with Crippen molar-refractivity contribution in [1.29, 1.82) is 0 Å². The molecule has 0 aliphatic carbocycles. The molecule has 1 aromatic carbocycles. The highest BCUT2D eigenvalue weighted by atomic mass is 19.1. The van der Waals surface area contributed by atoms with Gasteiger partial charge in [-0.2, -0.15) is 0 Å². The van der Waals surface area contributed by atoms with E-state index in [0.717, 1.165) is 11.3 Å². The minimum absolute atomic E-state index is 0.0910. The standard InChI is InChI=1S/C22H23FN4O3/c1-13-9-24-17(25-13)11-26(2)20(28)18-16-7-8-22(30-16)12-27(21(29)19(18)22)10-14-3-5-15(23)6-4-14/h3-9,16,18-19H,10-12H2,1-2H3,(H,24,25)/t16-,18-,19+,22-/m0/s1. The van der Waals surface area contributed by atoms with E-state index in [1.54, 1.807) is 35.2 Å². The molecular formula is C22H23FN4O3. The van der Waals surface area contributed by atoms with Gasteiger partial charge in [-0.05, 0) is 24.6 Å². The SMILES string of the molecule is Cc1cnc(CN(C)C(=O)[C@H]2[C@@H]3C=C[C@@]4(CN(Cc5ccc(F)cc5)C(=O)[C@@H]24)O3)[nH]1. The zero-order valence-corrected chi connectivity index (χ0v) is 16.8. The van der Waals surface area contributed by atoms with Crippen molar-refractivity contribution in [3.63, 3.8) is 0 Å². The number of halogens is 1. The van der Waals surface area contributed by atoms with Gasteiger partial charge in [0.05, 0.1) is 31.0 Å². The van der Waals surface area contributed by atoms with Gasteiger partial charge in [0.15, 0.2) is 0 Å². The zero-order chi connectivity index (χ0) is 21.0. The largest absolute Gasteiger partial charge is 0.360 e. The van der Waals surface area contributed by atoms with E-state index >= 15 is 0 Å². The summed E-state index contributed by atoms with van der Waals surface area (Å²) in [6, 6.07) is 6.11. The Morgan fingerprint density at radius 2 is 2.17 bits per heavy atom. The fourth-order valence-corrected chi connectivity index (χ4v) is 4.91. The van der Waals surface area contributed by atoms with Crippen LogP contribution in [0.2, 0.25) is 0 Å². The van der Waals surface area contributed by atoms with Gasteiger partial charge in [-0.1, -0.05) is 24.3 Å². The number of hydrogen-bond acceptors (Lipinski definition) is 4. The lowest BCUT2D eigenvalue weighted by Gasteiger charge is -2.27.